The standard InChI is InChI=1S/C14H18N2O4/c1-9-11(14(19)20)4-5-12(15-9)13(18)16-6-2-3-10(7-16)8-17/h4-5,10,17H,2-3,6-8H2,1H3,(H,19,20). The second-order valence-corrected chi connectivity index (χ2v) is 5.08. The number of aliphatic hydroxyl groups excluding tert-OH is 1. The summed E-state index contributed by atoms with van der Waals surface area (Å²) in [7, 11) is 0. The fraction of sp³-hybridized carbons (Fsp3) is 0.500. The van der Waals surface area contributed by atoms with Crippen LogP contribution in [0, 0.1) is 12.8 Å². The Labute approximate surface area is 117 Å². The van der Waals surface area contributed by atoms with Gasteiger partial charge in [-0.15, -0.1) is 0 Å². The zero-order valence-electron chi connectivity index (χ0n) is 11.4. The quantitative estimate of drug-likeness (QED) is 0.858. The number of hydrogen-bond acceptors (Lipinski definition) is 4. The van der Waals surface area contributed by atoms with Gasteiger partial charge < -0.3 is 15.1 Å². The highest BCUT2D eigenvalue weighted by Crippen LogP contribution is 2.18. The Bertz CT molecular complexity index is 530. The minimum absolute atomic E-state index is 0.0776. The second kappa shape index (κ2) is 6.00. The molecule has 1 saturated heterocycles. The van der Waals surface area contributed by atoms with Crippen LogP contribution in [-0.2, 0) is 0 Å². The first-order chi connectivity index (χ1) is 9.52. The first-order valence-corrected chi connectivity index (χ1v) is 6.64. The van der Waals surface area contributed by atoms with Crippen molar-refractivity contribution in [3.63, 3.8) is 0 Å². The van der Waals surface area contributed by atoms with Gasteiger partial charge in [0, 0.05) is 19.7 Å². The number of carbonyl (C=O) groups excluding carboxylic acids is 1. The highest BCUT2D eigenvalue weighted by Gasteiger charge is 2.25. The Balaban J connectivity index is 2.17. The number of aliphatic hydroxyl groups is 1. The lowest BCUT2D eigenvalue weighted by molar-refractivity contribution is 0.0612. The highest BCUT2D eigenvalue weighted by molar-refractivity contribution is 5.94. The number of aromatic nitrogens is 1. The summed E-state index contributed by atoms with van der Waals surface area (Å²) in [5.74, 6) is -1.14. The van der Waals surface area contributed by atoms with Gasteiger partial charge in [0.05, 0.1) is 11.3 Å². The number of carboxylic acids is 1. The SMILES string of the molecule is Cc1nc(C(=O)N2CCCC(CO)C2)ccc1C(=O)O. The molecular formula is C14H18N2O4. The molecular weight excluding hydrogens is 260 g/mol. The molecule has 6 nitrogen and oxygen atoms in total. The number of hydrogen-bond donors (Lipinski definition) is 2. The maximum absolute atomic E-state index is 12.3. The lowest BCUT2D eigenvalue weighted by atomic mass is 9.99. The van der Waals surface area contributed by atoms with E-state index in [4.69, 9.17) is 5.11 Å². The minimum Gasteiger partial charge on any atom is -0.478 e. The zero-order valence-corrected chi connectivity index (χ0v) is 11.4. The molecule has 1 fully saturated rings. The van der Waals surface area contributed by atoms with E-state index in [1.165, 1.54) is 12.1 Å². The van der Waals surface area contributed by atoms with Gasteiger partial charge in [0.25, 0.3) is 5.91 Å². The van der Waals surface area contributed by atoms with E-state index in [0.29, 0.717) is 18.8 Å². The number of pyridine rings is 1. The number of likely N-dealkylation sites (tertiary alicyclic amines) is 1. The van der Waals surface area contributed by atoms with Crippen molar-refractivity contribution in [2.24, 2.45) is 5.92 Å². The summed E-state index contributed by atoms with van der Waals surface area (Å²) in [4.78, 5) is 29.0. The van der Waals surface area contributed by atoms with Crippen molar-refractivity contribution < 1.29 is 19.8 Å². The van der Waals surface area contributed by atoms with Crippen molar-refractivity contribution >= 4 is 11.9 Å². The maximum atomic E-state index is 12.3. The molecule has 2 rings (SSSR count). The van der Waals surface area contributed by atoms with Crippen molar-refractivity contribution in [3.8, 4) is 0 Å². The highest BCUT2D eigenvalue weighted by atomic mass is 16.4. The van der Waals surface area contributed by atoms with Gasteiger partial charge in [-0.3, -0.25) is 4.79 Å². The number of aryl methyl sites for hydroxylation is 1. The first kappa shape index (κ1) is 14.5. The van der Waals surface area contributed by atoms with Gasteiger partial charge in [0.15, 0.2) is 0 Å². The molecule has 0 radical (unpaired) electrons. The van der Waals surface area contributed by atoms with Crippen LogP contribution in [0.5, 0.6) is 0 Å². The third kappa shape index (κ3) is 2.96. The van der Waals surface area contributed by atoms with Crippen molar-refractivity contribution in [2.75, 3.05) is 19.7 Å². The van der Waals surface area contributed by atoms with Crippen molar-refractivity contribution in [2.45, 2.75) is 19.8 Å². The van der Waals surface area contributed by atoms with Gasteiger partial charge in [-0.05, 0) is 37.8 Å². The van der Waals surface area contributed by atoms with E-state index in [-0.39, 0.29) is 29.7 Å². The molecule has 108 valence electrons. The topological polar surface area (TPSA) is 90.7 Å². The van der Waals surface area contributed by atoms with Gasteiger partial charge in [0.2, 0.25) is 0 Å². The van der Waals surface area contributed by atoms with Gasteiger partial charge in [0.1, 0.15) is 5.69 Å². The third-order valence-corrected chi connectivity index (χ3v) is 3.60. The van der Waals surface area contributed by atoms with E-state index in [1.807, 2.05) is 0 Å². The summed E-state index contributed by atoms with van der Waals surface area (Å²) in [6.07, 6.45) is 1.79. The summed E-state index contributed by atoms with van der Waals surface area (Å²) < 4.78 is 0. The fourth-order valence-corrected chi connectivity index (χ4v) is 2.47. The summed E-state index contributed by atoms with van der Waals surface area (Å²) >= 11 is 0. The summed E-state index contributed by atoms with van der Waals surface area (Å²) in [6, 6.07) is 2.85. The number of nitrogens with zero attached hydrogens (tertiary/aromatic N) is 2. The van der Waals surface area contributed by atoms with E-state index in [1.54, 1.807) is 11.8 Å². The molecule has 20 heavy (non-hydrogen) atoms. The van der Waals surface area contributed by atoms with Crippen LogP contribution in [-0.4, -0.2) is 51.7 Å². The number of piperidine rings is 1. The van der Waals surface area contributed by atoms with Crippen LogP contribution >= 0.6 is 0 Å². The van der Waals surface area contributed by atoms with Crippen LogP contribution in [0.1, 0.15) is 39.4 Å². The van der Waals surface area contributed by atoms with Crippen molar-refractivity contribution in [3.05, 3.63) is 29.1 Å². The molecule has 1 aromatic heterocycles. The number of amides is 1. The third-order valence-electron chi connectivity index (χ3n) is 3.60. The van der Waals surface area contributed by atoms with Crippen LogP contribution in [0.15, 0.2) is 12.1 Å². The van der Waals surface area contributed by atoms with E-state index >= 15 is 0 Å². The van der Waals surface area contributed by atoms with Crippen LogP contribution in [0.3, 0.4) is 0 Å². The van der Waals surface area contributed by atoms with Crippen LogP contribution in [0.25, 0.3) is 0 Å². The summed E-state index contributed by atoms with van der Waals surface area (Å²) in [6.45, 7) is 2.83. The van der Waals surface area contributed by atoms with Crippen molar-refractivity contribution in [1.82, 2.24) is 9.88 Å². The van der Waals surface area contributed by atoms with Gasteiger partial charge in [-0.1, -0.05) is 0 Å². The van der Waals surface area contributed by atoms with E-state index in [2.05, 4.69) is 4.98 Å². The molecule has 0 aliphatic carbocycles. The van der Waals surface area contributed by atoms with E-state index in [9.17, 15) is 14.7 Å². The van der Waals surface area contributed by atoms with Gasteiger partial charge >= 0.3 is 5.97 Å². The summed E-state index contributed by atoms with van der Waals surface area (Å²) in [5.41, 5.74) is 0.693. The van der Waals surface area contributed by atoms with Crippen LogP contribution < -0.4 is 0 Å². The predicted octanol–water partition coefficient (Wildman–Crippen LogP) is 0.933. The Morgan fingerprint density at radius 2 is 2.20 bits per heavy atom. The lowest BCUT2D eigenvalue weighted by Gasteiger charge is -2.31. The molecule has 1 aliphatic rings. The number of aromatic carboxylic acids is 1. The largest absolute Gasteiger partial charge is 0.478 e. The molecule has 1 amide bonds. The lowest BCUT2D eigenvalue weighted by Crippen LogP contribution is -2.41. The average molecular weight is 278 g/mol. The first-order valence-electron chi connectivity index (χ1n) is 6.64. The molecule has 2 N–H and O–H groups in total. The van der Waals surface area contributed by atoms with Gasteiger partial charge in [-0.2, -0.15) is 0 Å². The smallest absolute Gasteiger partial charge is 0.337 e. The molecule has 0 spiro atoms. The Morgan fingerprint density at radius 3 is 2.80 bits per heavy atom. The fourth-order valence-electron chi connectivity index (χ4n) is 2.47. The Kier molecular flexibility index (Phi) is 4.34. The molecule has 6 heteroatoms. The number of carboxylic acid groups (broad SMARTS) is 1. The zero-order chi connectivity index (χ0) is 14.7. The number of carbonyl (C=O) groups is 2. The summed E-state index contributed by atoms with van der Waals surface area (Å²) in [5, 5.41) is 18.1. The molecule has 0 aromatic carbocycles. The van der Waals surface area contributed by atoms with Gasteiger partial charge in [-0.25, -0.2) is 9.78 Å². The molecule has 2 heterocycles. The monoisotopic (exact) mass is 278 g/mol. The Morgan fingerprint density at radius 1 is 1.45 bits per heavy atom. The Hall–Kier alpha value is -1.95. The second-order valence-electron chi connectivity index (χ2n) is 5.08. The average Bonchev–Trinajstić information content (AvgIpc) is 2.46. The van der Waals surface area contributed by atoms with E-state index < -0.39 is 5.97 Å². The van der Waals surface area contributed by atoms with Crippen LogP contribution in [0.2, 0.25) is 0 Å². The van der Waals surface area contributed by atoms with Crippen LogP contribution in [0.4, 0.5) is 0 Å². The molecule has 1 atom stereocenters. The molecule has 1 aliphatic heterocycles. The van der Waals surface area contributed by atoms with Crippen molar-refractivity contribution in [1.29, 1.82) is 0 Å². The maximum Gasteiger partial charge on any atom is 0.337 e. The predicted molar refractivity (Wildman–Crippen MR) is 71.6 cm³/mol. The molecule has 1 aromatic rings. The molecule has 1 unspecified atom stereocenters. The molecule has 0 bridgehead atoms. The minimum atomic E-state index is -1.05. The normalized spacial score (nSPS) is 18.9. The number of rotatable bonds is 3. The molecule has 0 saturated carbocycles. The van der Waals surface area contributed by atoms with E-state index in [0.717, 1.165) is 12.8 Å².